The van der Waals surface area contributed by atoms with Crippen LogP contribution in [0.5, 0.6) is 0 Å². The zero-order chi connectivity index (χ0) is 13.8. The Labute approximate surface area is 127 Å². The quantitative estimate of drug-likeness (QED) is 0.744. The van der Waals surface area contributed by atoms with Gasteiger partial charge >= 0.3 is 0 Å². The fourth-order valence-electron chi connectivity index (χ4n) is 1.49. The number of hydrogen-bond donors (Lipinski definition) is 1. The van der Waals surface area contributed by atoms with Crippen molar-refractivity contribution in [1.82, 2.24) is 5.32 Å². The number of rotatable bonds is 4. The summed E-state index contributed by atoms with van der Waals surface area (Å²) in [5.74, 6) is 0. The molecule has 1 nitrogen and oxygen atoms in total. The summed E-state index contributed by atoms with van der Waals surface area (Å²) in [6.07, 6.45) is 3.33. The van der Waals surface area contributed by atoms with Gasteiger partial charge in [0.1, 0.15) is 0 Å². The molecule has 1 aromatic carbocycles. The lowest BCUT2D eigenvalue weighted by molar-refractivity contribution is 0.443. The zero-order valence-electron chi connectivity index (χ0n) is 11.5. The summed E-state index contributed by atoms with van der Waals surface area (Å²) in [5, 5.41) is 3.53. The molecule has 3 heteroatoms. The summed E-state index contributed by atoms with van der Waals surface area (Å²) in [7, 11) is 0. The predicted molar refractivity (Wildman–Crippen MR) is 87.9 cm³/mol. The van der Waals surface area contributed by atoms with Gasteiger partial charge in [0.2, 0.25) is 0 Å². The first-order valence-electron chi connectivity index (χ1n) is 6.21. The second-order valence-electron chi connectivity index (χ2n) is 5.43. The third-order valence-electron chi connectivity index (χ3n) is 2.61. The van der Waals surface area contributed by atoms with Crippen LogP contribution in [-0.2, 0) is 0 Å². The zero-order valence-corrected chi connectivity index (χ0v) is 14.7. The van der Waals surface area contributed by atoms with Crippen LogP contribution in [0.25, 0.3) is 6.08 Å². The SMILES string of the molecule is CC/C(=C/c1ccc(Br)c(Br)c1)CNC(C)(C)C. The second kappa shape index (κ2) is 6.88. The van der Waals surface area contributed by atoms with Crippen molar-refractivity contribution in [2.45, 2.75) is 39.7 Å². The second-order valence-corrected chi connectivity index (χ2v) is 7.14. The van der Waals surface area contributed by atoms with Crippen molar-refractivity contribution >= 4 is 37.9 Å². The maximum atomic E-state index is 3.54. The Hall–Kier alpha value is -0.120. The monoisotopic (exact) mass is 373 g/mol. The van der Waals surface area contributed by atoms with Gasteiger partial charge in [0, 0.05) is 21.0 Å². The molecule has 0 atom stereocenters. The highest BCUT2D eigenvalue weighted by Crippen LogP contribution is 2.25. The van der Waals surface area contributed by atoms with Gasteiger partial charge in [-0.2, -0.15) is 0 Å². The Morgan fingerprint density at radius 3 is 2.39 bits per heavy atom. The third-order valence-corrected chi connectivity index (χ3v) is 4.49. The molecule has 18 heavy (non-hydrogen) atoms. The lowest BCUT2D eigenvalue weighted by atomic mass is 10.1. The maximum absolute atomic E-state index is 3.54. The van der Waals surface area contributed by atoms with Crippen LogP contribution >= 0.6 is 31.9 Å². The van der Waals surface area contributed by atoms with Crippen LogP contribution in [0.4, 0.5) is 0 Å². The van der Waals surface area contributed by atoms with E-state index >= 15 is 0 Å². The molecule has 1 N–H and O–H groups in total. The van der Waals surface area contributed by atoms with E-state index < -0.39 is 0 Å². The van der Waals surface area contributed by atoms with Gasteiger partial charge in [-0.05, 0) is 76.7 Å². The first-order valence-corrected chi connectivity index (χ1v) is 7.80. The average Bonchev–Trinajstić information content (AvgIpc) is 2.28. The Morgan fingerprint density at radius 1 is 1.22 bits per heavy atom. The fraction of sp³-hybridized carbons (Fsp3) is 0.467. The van der Waals surface area contributed by atoms with E-state index in [4.69, 9.17) is 0 Å². The van der Waals surface area contributed by atoms with Gasteiger partial charge < -0.3 is 5.32 Å². The Balaban J connectivity index is 2.80. The van der Waals surface area contributed by atoms with Crippen LogP contribution in [0.1, 0.15) is 39.7 Å². The molecule has 0 radical (unpaired) electrons. The van der Waals surface area contributed by atoms with Gasteiger partial charge in [-0.15, -0.1) is 0 Å². The van der Waals surface area contributed by atoms with Crippen LogP contribution in [0, 0.1) is 0 Å². The minimum absolute atomic E-state index is 0.161. The van der Waals surface area contributed by atoms with Crippen LogP contribution in [0.15, 0.2) is 32.7 Å². The molecule has 0 saturated carbocycles. The first kappa shape index (κ1) is 15.9. The highest BCUT2D eigenvalue weighted by molar-refractivity contribution is 9.13. The lowest BCUT2D eigenvalue weighted by Gasteiger charge is -2.21. The van der Waals surface area contributed by atoms with Crippen molar-refractivity contribution < 1.29 is 0 Å². The van der Waals surface area contributed by atoms with E-state index in [1.165, 1.54) is 11.1 Å². The predicted octanol–water partition coefficient (Wildman–Crippen LogP) is 5.39. The molecule has 1 aromatic rings. The standard InChI is InChI=1S/C15H21Br2N/c1-5-11(10-18-15(2,3)4)8-12-6-7-13(16)14(17)9-12/h6-9,18H,5,10H2,1-4H3/b11-8-. The van der Waals surface area contributed by atoms with Gasteiger partial charge in [-0.3, -0.25) is 0 Å². The molecule has 100 valence electrons. The summed E-state index contributed by atoms with van der Waals surface area (Å²) in [6.45, 7) is 9.71. The van der Waals surface area contributed by atoms with Gasteiger partial charge in [0.05, 0.1) is 0 Å². The van der Waals surface area contributed by atoms with E-state index in [1.54, 1.807) is 0 Å². The smallest absolute Gasteiger partial charge is 0.0323 e. The van der Waals surface area contributed by atoms with Gasteiger partial charge in [0.25, 0.3) is 0 Å². The molecule has 0 saturated heterocycles. The molecule has 0 aliphatic rings. The van der Waals surface area contributed by atoms with Crippen LogP contribution < -0.4 is 5.32 Å². The summed E-state index contributed by atoms with van der Waals surface area (Å²) in [4.78, 5) is 0. The van der Waals surface area contributed by atoms with E-state index in [1.807, 2.05) is 0 Å². The number of halogens is 2. The van der Waals surface area contributed by atoms with Gasteiger partial charge in [-0.1, -0.05) is 24.6 Å². The van der Waals surface area contributed by atoms with Gasteiger partial charge in [-0.25, -0.2) is 0 Å². The summed E-state index contributed by atoms with van der Waals surface area (Å²) in [5.41, 5.74) is 2.81. The summed E-state index contributed by atoms with van der Waals surface area (Å²) in [6, 6.07) is 6.33. The topological polar surface area (TPSA) is 12.0 Å². The highest BCUT2D eigenvalue weighted by Gasteiger charge is 2.08. The molecular weight excluding hydrogens is 354 g/mol. The maximum Gasteiger partial charge on any atom is 0.0323 e. The van der Waals surface area contributed by atoms with E-state index in [9.17, 15) is 0 Å². The Kier molecular flexibility index (Phi) is 6.09. The van der Waals surface area contributed by atoms with E-state index in [0.29, 0.717) is 0 Å². The van der Waals surface area contributed by atoms with E-state index in [0.717, 1.165) is 21.9 Å². The number of hydrogen-bond acceptors (Lipinski definition) is 1. The number of benzene rings is 1. The van der Waals surface area contributed by atoms with Crippen LogP contribution in [0.2, 0.25) is 0 Å². The fourth-order valence-corrected chi connectivity index (χ4v) is 2.14. The largest absolute Gasteiger partial charge is 0.308 e. The van der Waals surface area contributed by atoms with Crippen LogP contribution in [-0.4, -0.2) is 12.1 Å². The van der Waals surface area contributed by atoms with E-state index in [2.05, 4.69) is 89.1 Å². The molecule has 0 aliphatic heterocycles. The summed E-state index contributed by atoms with van der Waals surface area (Å²) >= 11 is 7.03. The average molecular weight is 375 g/mol. The minimum Gasteiger partial charge on any atom is -0.308 e. The molecule has 0 heterocycles. The Morgan fingerprint density at radius 2 is 1.89 bits per heavy atom. The molecule has 0 amide bonds. The lowest BCUT2D eigenvalue weighted by Crippen LogP contribution is -2.36. The highest BCUT2D eigenvalue weighted by atomic mass is 79.9. The van der Waals surface area contributed by atoms with Crippen molar-refractivity contribution in [3.63, 3.8) is 0 Å². The van der Waals surface area contributed by atoms with Crippen molar-refractivity contribution in [3.8, 4) is 0 Å². The van der Waals surface area contributed by atoms with E-state index in [-0.39, 0.29) is 5.54 Å². The Bertz CT molecular complexity index is 431. The molecule has 0 unspecified atom stereocenters. The molecule has 0 aliphatic carbocycles. The summed E-state index contributed by atoms with van der Waals surface area (Å²) < 4.78 is 2.18. The van der Waals surface area contributed by atoms with Crippen molar-refractivity contribution in [3.05, 3.63) is 38.3 Å². The van der Waals surface area contributed by atoms with Crippen LogP contribution in [0.3, 0.4) is 0 Å². The van der Waals surface area contributed by atoms with Crippen molar-refractivity contribution in [1.29, 1.82) is 0 Å². The first-order chi connectivity index (χ1) is 8.31. The molecule has 1 rings (SSSR count). The molecule has 0 bridgehead atoms. The molecule has 0 aromatic heterocycles. The minimum atomic E-state index is 0.161. The van der Waals surface area contributed by atoms with Crippen molar-refractivity contribution in [2.24, 2.45) is 0 Å². The molecule has 0 fully saturated rings. The number of nitrogens with one attached hydrogen (secondary N) is 1. The van der Waals surface area contributed by atoms with Gasteiger partial charge in [0.15, 0.2) is 0 Å². The molecule has 0 spiro atoms. The normalized spacial score (nSPS) is 12.9. The van der Waals surface area contributed by atoms with Crippen molar-refractivity contribution in [2.75, 3.05) is 6.54 Å². The molecular formula is C15H21Br2N. The third kappa shape index (κ3) is 5.68.